The molecule has 0 atom stereocenters. The van der Waals surface area contributed by atoms with E-state index in [2.05, 4.69) is 25.8 Å². The van der Waals surface area contributed by atoms with Crippen molar-refractivity contribution in [1.82, 2.24) is 25.2 Å². The van der Waals surface area contributed by atoms with E-state index in [0.717, 1.165) is 50.0 Å². The van der Waals surface area contributed by atoms with Crippen LogP contribution in [-0.2, 0) is 16.0 Å². The van der Waals surface area contributed by atoms with Crippen LogP contribution in [0.15, 0.2) is 29.4 Å². The molecule has 0 aliphatic rings. The van der Waals surface area contributed by atoms with Gasteiger partial charge in [-0.1, -0.05) is 6.07 Å². The number of fused-ring (bicyclic) bond motifs is 1. The molecular formula is C17H29IN6O2. The van der Waals surface area contributed by atoms with E-state index in [4.69, 9.17) is 9.47 Å². The van der Waals surface area contributed by atoms with Gasteiger partial charge >= 0.3 is 0 Å². The third-order valence-corrected chi connectivity index (χ3v) is 3.55. The molecule has 0 radical (unpaired) electrons. The minimum absolute atomic E-state index is 0. The SMILES string of the molecule is CCNC(=NCc1nnc2ccccn12)NCCCCOCCOC.I. The topological polar surface area (TPSA) is 85.1 Å². The Morgan fingerprint density at radius 2 is 2.04 bits per heavy atom. The van der Waals surface area contributed by atoms with Gasteiger partial charge in [-0.15, -0.1) is 34.2 Å². The van der Waals surface area contributed by atoms with Crippen molar-refractivity contribution in [2.45, 2.75) is 26.3 Å². The Kier molecular flexibility index (Phi) is 11.9. The number of aliphatic imine (C=N–C) groups is 1. The number of guanidine groups is 1. The molecular weight excluding hydrogens is 447 g/mol. The van der Waals surface area contributed by atoms with Crippen molar-refractivity contribution in [3.8, 4) is 0 Å². The summed E-state index contributed by atoms with van der Waals surface area (Å²) in [5, 5.41) is 14.9. The fraction of sp³-hybridized carbons (Fsp3) is 0.588. The second kappa shape index (κ2) is 13.7. The number of halogens is 1. The van der Waals surface area contributed by atoms with Gasteiger partial charge in [-0.05, 0) is 31.9 Å². The predicted octanol–water partition coefficient (Wildman–Crippen LogP) is 1.85. The second-order valence-electron chi connectivity index (χ2n) is 5.48. The third-order valence-electron chi connectivity index (χ3n) is 3.55. The van der Waals surface area contributed by atoms with Crippen LogP contribution in [0.3, 0.4) is 0 Å². The Bertz CT molecular complexity index is 649. The summed E-state index contributed by atoms with van der Waals surface area (Å²) in [7, 11) is 1.68. The summed E-state index contributed by atoms with van der Waals surface area (Å²) < 4.78 is 12.3. The Morgan fingerprint density at radius 3 is 2.85 bits per heavy atom. The summed E-state index contributed by atoms with van der Waals surface area (Å²) in [5.74, 6) is 1.61. The Labute approximate surface area is 171 Å². The quantitative estimate of drug-likeness (QED) is 0.223. The fourth-order valence-electron chi connectivity index (χ4n) is 2.27. The molecule has 146 valence electrons. The number of pyridine rings is 1. The number of ether oxygens (including phenoxy) is 2. The molecule has 2 aromatic heterocycles. The monoisotopic (exact) mass is 476 g/mol. The maximum Gasteiger partial charge on any atom is 0.191 e. The number of aromatic nitrogens is 3. The van der Waals surface area contributed by atoms with Gasteiger partial charge in [0, 0.05) is 33.0 Å². The first-order chi connectivity index (χ1) is 12.3. The lowest BCUT2D eigenvalue weighted by Crippen LogP contribution is -2.37. The molecule has 2 N–H and O–H groups in total. The molecule has 9 heteroatoms. The normalized spacial score (nSPS) is 11.4. The molecule has 2 rings (SSSR count). The van der Waals surface area contributed by atoms with Gasteiger partial charge in [0.05, 0.1) is 13.2 Å². The average Bonchev–Trinajstić information content (AvgIpc) is 3.05. The first-order valence-corrected chi connectivity index (χ1v) is 8.72. The molecule has 0 aliphatic heterocycles. The molecule has 8 nitrogen and oxygen atoms in total. The van der Waals surface area contributed by atoms with E-state index in [-0.39, 0.29) is 24.0 Å². The molecule has 0 fully saturated rings. The predicted molar refractivity (Wildman–Crippen MR) is 113 cm³/mol. The summed E-state index contributed by atoms with van der Waals surface area (Å²) >= 11 is 0. The largest absolute Gasteiger partial charge is 0.382 e. The van der Waals surface area contributed by atoms with Gasteiger partial charge in [0.25, 0.3) is 0 Å². The van der Waals surface area contributed by atoms with Gasteiger partial charge in [0.2, 0.25) is 0 Å². The summed E-state index contributed by atoms with van der Waals surface area (Å²) in [6.45, 7) is 6.23. The van der Waals surface area contributed by atoms with E-state index in [9.17, 15) is 0 Å². The number of hydrogen-bond acceptors (Lipinski definition) is 5. The van der Waals surface area contributed by atoms with Gasteiger partial charge in [0.15, 0.2) is 17.4 Å². The molecule has 2 heterocycles. The minimum atomic E-state index is 0. The van der Waals surface area contributed by atoms with E-state index in [1.807, 2.05) is 35.7 Å². The smallest absolute Gasteiger partial charge is 0.191 e. The molecule has 0 aliphatic carbocycles. The summed E-state index contributed by atoms with van der Waals surface area (Å²) in [6, 6.07) is 5.84. The Morgan fingerprint density at radius 1 is 1.15 bits per heavy atom. The summed E-state index contributed by atoms with van der Waals surface area (Å²) in [4.78, 5) is 4.59. The van der Waals surface area contributed by atoms with Crippen LogP contribution >= 0.6 is 24.0 Å². The molecule has 0 saturated heterocycles. The number of methoxy groups -OCH3 is 1. The van der Waals surface area contributed by atoms with Gasteiger partial charge in [-0.25, -0.2) is 4.99 Å². The zero-order chi connectivity index (χ0) is 17.7. The molecule has 2 aromatic rings. The van der Waals surface area contributed by atoms with E-state index < -0.39 is 0 Å². The van der Waals surface area contributed by atoms with Gasteiger partial charge in [-0.2, -0.15) is 0 Å². The number of hydrogen-bond donors (Lipinski definition) is 2. The van der Waals surface area contributed by atoms with Crippen molar-refractivity contribution >= 4 is 35.6 Å². The summed E-state index contributed by atoms with van der Waals surface area (Å²) in [6.07, 6.45) is 3.97. The Hall–Kier alpha value is -1.46. The highest BCUT2D eigenvalue weighted by atomic mass is 127. The highest BCUT2D eigenvalue weighted by Crippen LogP contribution is 2.03. The van der Waals surface area contributed by atoms with Crippen molar-refractivity contribution in [2.24, 2.45) is 4.99 Å². The van der Waals surface area contributed by atoms with Crippen LogP contribution in [0.25, 0.3) is 5.65 Å². The Balaban J connectivity index is 0.00000338. The molecule has 0 saturated carbocycles. The lowest BCUT2D eigenvalue weighted by molar-refractivity contribution is 0.0689. The van der Waals surface area contributed by atoms with Crippen LogP contribution in [0, 0.1) is 0 Å². The number of nitrogens with zero attached hydrogens (tertiary/aromatic N) is 4. The molecule has 26 heavy (non-hydrogen) atoms. The van der Waals surface area contributed by atoms with Crippen LogP contribution < -0.4 is 10.6 Å². The average molecular weight is 476 g/mol. The third kappa shape index (κ3) is 7.83. The van der Waals surface area contributed by atoms with Crippen molar-refractivity contribution in [3.05, 3.63) is 30.2 Å². The maximum atomic E-state index is 5.45. The number of rotatable bonds is 11. The first-order valence-electron chi connectivity index (χ1n) is 8.72. The van der Waals surface area contributed by atoms with Gasteiger partial charge < -0.3 is 20.1 Å². The lowest BCUT2D eigenvalue weighted by Gasteiger charge is -2.11. The molecule has 0 spiro atoms. The van der Waals surface area contributed by atoms with E-state index >= 15 is 0 Å². The van der Waals surface area contributed by atoms with Crippen molar-refractivity contribution in [3.63, 3.8) is 0 Å². The van der Waals surface area contributed by atoms with Crippen LogP contribution in [0.4, 0.5) is 0 Å². The zero-order valence-corrected chi connectivity index (χ0v) is 17.8. The number of unbranched alkanes of at least 4 members (excludes halogenated alkanes) is 1. The van der Waals surface area contributed by atoms with Crippen LogP contribution in [0.5, 0.6) is 0 Å². The minimum Gasteiger partial charge on any atom is -0.382 e. The molecule has 0 bridgehead atoms. The second-order valence-corrected chi connectivity index (χ2v) is 5.48. The summed E-state index contributed by atoms with van der Waals surface area (Å²) in [5.41, 5.74) is 0.833. The van der Waals surface area contributed by atoms with E-state index in [0.29, 0.717) is 19.8 Å². The maximum absolute atomic E-state index is 5.45. The molecule has 0 unspecified atom stereocenters. The van der Waals surface area contributed by atoms with Crippen molar-refractivity contribution < 1.29 is 9.47 Å². The van der Waals surface area contributed by atoms with E-state index in [1.54, 1.807) is 7.11 Å². The van der Waals surface area contributed by atoms with Crippen molar-refractivity contribution in [2.75, 3.05) is 40.0 Å². The van der Waals surface area contributed by atoms with Crippen LogP contribution in [0.1, 0.15) is 25.6 Å². The van der Waals surface area contributed by atoms with Crippen molar-refractivity contribution in [1.29, 1.82) is 0 Å². The van der Waals surface area contributed by atoms with Crippen LogP contribution in [0.2, 0.25) is 0 Å². The van der Waals surface area contributed by atoms with E-state index in [1.165, 1.54) is 0 Å². The fourth-order valence-corrected chi connectivity index (χ4v) is 2.27. The molecule has 0 aromatic carbocycles. The zero-order valence-electron chi connectivity index (χ0n) is 15.5. The molecule has 0 amide bonds. The first kappa shape index (κ1) is 22.6. The van der Waals surface area contributed by atoms with Gasteiger partial charge in [0.1, 0.15) is 6.54 Å². The number of nitrogens with one attached hydrogen (secondary N) is 2. The highest BCUT2D eigenvalue weighted by Gasteiger charge is 2.04. The van der Waals surface area contributed by atoms with Crippen LogP contribution in [-0.4, -0.2) is 60.6 Å². The standard InChI is InChI=1S/C17H28N6O2.HI/c1-3-18-17(19-9-5-7-11-25-13-12-24-2)20-14-16-22-21-15-8-4-6-10-23(15)16;/h4,6,8,10H,3,5,7,9,11-14H2,1-2H3,(H2,18,19,20);1H. The lowest BCUT2D eigenvalue weighted by atomic mass is 10.3. The highest BCUT2D eigenvalue weighted by molar-refractivity contribution is 14.0. The van der Waals surface area contributed by atoms with Gasteiger partial charge in [-0.3, -0.25) is 4.40 Å².